The van der Waals surface area contributed by atoms with Crippen LogP contribution in [0.4, 0.5) is 18.9 Å². The van der Waals surface area contributed by atoms with Gasteiger partial charge in [-0.05, 0) is 19.1 Å². The van der Waals surface area contributed by atoms with Crippen molar-refractivity contribution < 1.29 is 22.7 Å². The van der Waals surface area contributed by atoms with Crippen LogP contribution in [0.1, 0.15) is 6.92 Å². The molecule has 0 aliphatic carbocycles. The van der Waals surface area contributed by atoms with E-state index in [4.69, 9.17) is 4.74 Å². The zero-order chi connectivity index (χ0) is 14.7. The Kier molecular flexibility index (Phi) is 4.61. The van der Waals surface area contributed by atoms with Crippen LogP contribution in [-0.4, -0.2) is 43.2 Å². The van der Waals surface area contributed by atoms with E-state index in [9.17, 15) is 18.0 Å². The molecule has 1 N–H and O–H groups in total. The molecular weight excluding hydrogens is 273 g/mol. The fourth-order valence-corrected chi connectivity index (χ4v) is 1.99. The molecule has 0 bridgehead atoms. The standard InChI is InChI=1S/C13H15F3N2O2/c1-8(18-4-6-20-7-5-18)13(19)17-10-3-2-9(14)11(15)12(10)16/h2-3,8H,4-7H2,1H3,(H,17,19). The van der Waals surface area contributed by atoms with E-state index < -0.39 is 29.4 Å². The van der Waals surface area contributed by atoms with Gasteiger partial charge in [-0.25, -0.2) is 13.2 Å². The number of amides is 1. The summed E-state index contributed by atoms with van der Waals surface area (Å²) in [6.07, 6.45) is 0. The second kappa shape index (κ2) is 6.23. The molecule has 1 atom stereocenters. The maximum atomic E-state index is 13.5. The van der Waals surface area contributed by atoms with Crippen LogP contribution >= 0.6 is 0 Å². The number of morpholine rings is 1. The first-order valence-corrected chi connectivity index (χ1v) is 6.27. The van der Waals surface area contributed by atoms with Crippen molar-refractivity contribution in [2.45, 2.75) is 13.0 Å². The van der Waals surface area contributed by atoms with Gasteiger partial charge in [0.05, 0.1) is 24.9 Å². The summed E-state index contributed by atoms with van der Waals surface area (Å²) in [4.78, 5) is 13.9. The first-order chi connectivity index (χ1) is 9.50. The van der Waals surface area contributed by atoms with E-state index in [1.807, 2.05) is 4.90 Å². The number of nitrogens with zero attached hydrogens (tertiary/aromatic N) is 1. The Morgan fingerprint density at radius 2 is 1.90 bits per heavy atom. The van der Waals surface area contributed by atoms with Gasteiger partial charge in [0.2, 0.25) is 5.91 Å². The molecule has 0 saturated carbocycles. The van der Waals surface area contributed by atoms with Crippen LogP contribution in [0.3, 0.4) is 0 Å². The third-order valence-corrected chi connectivity index (χ3v) is 3.27. The van der Waals surface area contributed by atoms with Crippen LogP contribution in [0.25, 0.3) is 0 Å². The fourth-order valence-electron chi connectivity index (χ4n) is 1.99. The molecule has 1 aliphatic rings. The molecule has 1 aromatic rings. The van der Waals surface area contributed by atoms with Crippen molar-refractivity contribution in [3.8, 4) is 0 Å². The zero-order valence-corrected chi connectivity index (χ0v) is 11.0. The number of carbonyl (C=O) groups is 1. The van der Waals surface area contributed by atoms with E-state index in [0.717, 1.165) is 12.1 Å². The molecule has 4 nitrogen and oxygen atoms in total. The second-order valence-electron chi connectivity index (χ2n) is 4.54. The Hall–Kier alpha value is -1.60. The summed E-state index contributed by atoms with van der Waals surface area (Å²) in [5.74, 6) is -4.76. The number of hydrogen-bond acceptors (Lipinski definition) is 3. The highest BCUT2D eigenvalue weighted by Gasteiger charge is 2.24. The van der Waals surface area contributed by atoms with Gasteiger partial charge in [0.25, 0.3) is 0 Å². The van der Waals surface area contributed by atoms with Crippen molar-refractivity contribution in [2.24, 2.45) is 0 Å². The van der Waals surface area contributed by atoms with Crippen molar-refractivity contribution in [2.75, 3.05) is 31.6 Å². The predicted octanol–water partition coefficient (Wildman–Crippen LogP) is 1.76. The molecule has 1 fully saturated rings. The molecule has 0 radical (unpaired) electrons. The minimum absolute atomic E-state index is 0.367. The SMILES string of the molecule is CC(C(=O)Nc1ccc(F)c(F)c1F)N1CCOCC1. The molecule has 1 saturated heterocycles. The topological polar surface area (TPSA) is 41.6 Å². The summed E-state index contributed by atoms with van der Waals surface area (Å²) in [6, 6.07) is 1.26. The molecule has 1 aliphatic heterocycles. The van der Waals surface area contributed by atoms with Gasteiger partial charge in [-0.3, -0.25) is 9.69 Å². The van der Waals surface area contributed by atoms with E-state index in [1.165, 1.54) is 0 Å². The number of ether oxygens (including phenoxy) is 1. The Morgan fingerprint density at radius 3 is 2.55 bits per heavy atom. The van der Waals surface area contributed by atoms with Gasteiger partial charge in [-0.15, -0.1) is 0 Å². The first kappa shape index (κ1) is 14.8. The minimum atomic E-state index is -1.60. The summed E-state index contributed by atoms with van der Waals surface area (Å²) in [5, 5.41) is 2.27. The third-order valence-electron chi connectivity index (χ3n) is 3.27. The highest BCUT2D eigenvalue weighted by atomic mass is 19.2. The van der Waals surface area contributed by atoms with Crippen LogP contribution in [0.2, 0.25) is 0 Å². The molecular formula is C13H15F3N2O2. The van der Waals surface area contributed by atoms with Crippen LogP contribution in [-0.2, 0) is 9.53 Å². The molecule has 110 valence electrons. The number of carbonyl (C=O) groups excluding carboxylic acids is 1. The minimum Gasteiger partial charge on any atom is -0.379 e. The Labute approximate surface area is 114 Å². The normalized spacial score (nSPS) is 17.8. The van der Waals surface area contributed by atoms with E-state index in [1.54, 1.807) is 6.92 Å². The summed E-state index contributed by atoms with van der Waals surface area (Å²) in [5.41, 5.74) is -0.367. The van der Waals surface area contributed by atoms with Crippen LogP contribution in [0.5, 0.6) is 0 Å². The molecule has 1 aromatic carbocycles. The lowest BCUT2D eigenvalue weighted by Gasteiger charge is -2.31. The van der Waals surface area contributed by atoms with Crippen LogP contribution in [0.15, 0.2) is 12.1 Å². The average molecular weight is 288 g/mol. The van der Waals surface area contributed by atoms with E-state index in [2.05, 4.69) is 5.32 Å². The maximum Gasteiger partial charge on any atom is 0.241 e. The molecule has 7 heteroatoms. The number of rotatable bonds is 3. The maximum absolute atomic E-state index is 13.5. The first-order valence-electron chi connectivity index (χ1n) is 6.27. The van der Waals surface area contributed by atoms with Gasteiger partial charge in [0.15, 0.2) is 17.5 Å². The Balaban J connectivity index is 2.05. The number of anilines is 1. The van der Waals surface area contributed by atoms with Gasteiger partial charge < -0.3 is 10.1 Å². The van der Waals surface area contributed by atoms with Gasteiger partial charge in [0, 0.05) is 13.1 Å². The number of halogens is 3. The van der Waals surface area contributed by atoms with Gasteiger partial charge in [-0.1, -0.05) is 0 Å². The lowest BCUT2D eigenvalue weighted by molar-refractivity contribution is -0.122. The van der Waals surface area contributed by atoms with Crippen molar-refractivity contribution in [3.63, 3.8) is 0 Å². The van der Waals surface area contributed by atoms with Crippen molar-refractivity contribution >= 4 is 11.6 Å². The quantitative estimate of drug-likeness (QED) is 0.862. The number of hydrogen-bond donors (Lipinski definition) is 1. The Bertz CT molecular complexity index is 505. The molecule has 1 unspecified atom stereocenters. The van der Waals surface area contributed by atoms with Gasteiger partial charge >= 0.3 is 0 Å². The highest BCUT2D eigenvalue weighted by molar-refractivity contribution is 5.94. The van der Waals surface area contributed by atoms with Crippen molar-refractivity contribution in [1.29, 1.82) is 0 Å². The monoisotopic (exact) mass is 288 g/mol. The van der Waals surface area contributed by atoms with Crippen LogP contribution in [0, 0.1) is 17.5 Å². The summed E-state index contributed by atoms with van der Waals surface area (Å²) < 4.78 is 44.5. The van der Waals surface area contributed by atoms with E-state index in [-0.39, 0.29) is 5.69 Å². The van der Waals surface area contributed by atoms with E-state index in [0.29, 0.717) is 26.3 Å². The predicted molar refractivity (Wildman–Crippen MR) is 66.8 cm³/mol. The molecule has 1 heterocycles. The molecule has 0 aromatic heterocycles. The second-order valence-corrected chi connectivity index (χ2v) is 4.54. The van der Waals surface area contributed by atoms with E-state index >= 15 is 0 Å². The lowest BCUT2D eigenvalue weighted by atomic mass is 10.2. The third kappa shape index (κ3) is 3.10. The van der Waals surface area contributed by atoms with Gasteiger partial charge in [-0.2, -0.15) is 0 Å². The Morgan fingerprint density at radius 1 is 1.25 bits per heavy atom. The summed E-state index contributed by atoms with van der Waals surface area (Å²) in [6.45, 7) is 3.90. The average Bonchev–Trinajstić information content (AvgIpc) is 2.48. The van der Waals surface area contributed by atoms with Crippen LogP contribution < -0.4 is 5.32 Å². The van der Waals surface area contributed by atoms with Crippen molar-refractivity contribution in [1.82, 2.24) is 4.90 Å². The van der Waals surface area contributed by atoms with Crippen molar-refractivity contribution in [3.05, 3.63) is 29.6 Å². The molecule has 1 amide bonds. The molecule has 0 spiro atoms. The number of nitrogens with one attached hydrogen (secondary N) is 1. The zero-order valence-electron chi connectivity index (χ0n) is 11.0. The highest BCUT2D eigenvalue weighted by Crippen LogP contribution is 2.20. The number of benzene rings is 1. The summed E-state index contributed by atoms with van der Waals surface area (Å²) >= 11 is 0. The largest absolute Gasteiger partial charge is 0.379 e. The molecule has 2 rings (SSSR count). The smallest absolute Gasteiger partial charge is 0.241 e. The molecule has 20 heavy (non-hydrogen) atoms. The summed E-state index contributed by atoms with van der Waals surface area (Å²) in [7, 11) is 0. The lowest BCUT2D eigenvalue weighted by Crippen LogP contribution is -2.47. The van der Waals surface area contributed by atoms with Gasteiger partial charge in [0.1, 0.15) is 0 Å². The fraction of sp³-hybridized carbons (Fsp3) is 0.462.